The first-order chi connectivity index (χ1) is 12.5. The number of carbonyl (C=O) groups excluding carboxylic acids is 2. The molecule has 1 fully saturated rings. The maximum absolute atomic E-state index is 11.7. The number of carbonyl (C=O) groups is 2. The van der Waals surface area contributed by atoms with E-state index in [0.29, 0.717) is 26.4 Å². The minimum Gasteiger partial charge on any atom is -0.463 e. The van der Waals surface area contributed by atoms with E-state index >= 15 is 0 Å². The smallest absolute Gasteiger partial charge is 0.463 e. The van der Waals surface area contributed by atoms with Crippen molar-refractivity contribution in [3.8, 4) is 0 Å². The van der Waals surface area contributed by atoms with E-state index in [1.807, 2.05) is 30.3 Å². The van der Waals surface area contributed by atoms with Gasteiger partial charge in [0.2, 0.25) is 0 Å². The van der Waals surface area contributed by atoms with E-state index in [2.05, 4.69) is 9.47 Å². The summed E-state index contributed by atoms with van der Waals surface area (Å²) in [4.78, 5) is 22.4. The molecule has 146 valence electrons. The van der Waals surface area contributed by atoms with Crippen LogP contribution in [0.4, 0.5) is 4.79 Å². The second-order valence-corrected chi connectivity index (χ2v) is 5.82. The minimum absolute atomic E-state index is 0.0325. The molecule has 1 aliphatic heterocycles. The molecule has 0 aromatic heterocycles. The number of rotatable bonds is 8. The van der Waals surface area contributed by atoms with Crippen LogP contribution in [-0.4, -0.2) is 58.9 Å². The van der Waals surface area contributed by atoms with Gasteiger partial charge in [0, 0.05) is 13.7 Å². The highest BCUT2D eigenvalue weighted by atomic mass is 16.7. The fraction of sp³-hybridized carbons (Fsp3) is 0.556. The molecule has 0 bridgehead atoms. The van der Waals surface area contributed by atoms with Crippen LogP contribution in [0.5, 0.6) is 0 Å². The van der Waals surface area contributed by atoms with Gasteiger partial charge in [-0.1, -0.05) is 30.3 Å². The Morgan fingerprint density at radius 1 is 1.12 bits per heavy atom. The molecule has 0 amide bonds. The number of hydrogen-bond acceptors (Lipinski definition) is 8. The first-order valence-corrected chi connectivity index (χ1v) is 8.29. The monoisotopic (exact) mass is 369 g/mol. The Morgan fingerprint density at radius 2 is 1.73 bits per heavy atom. The van der Waals surface area contributed by atoms with Crippen molar-refractivity contribution in [2.24, 2.45) is 11.1 Å². The maximum atomic E-state index is 11.7. The van der Waals surface area contributed by atoms with Gasteiger partial charge in [-0.2, -0.15) is 0 Å². The lowest BCUT2D eigenvalue weighted by Crippen LogP contribution is -2.44. The van der Waals surface area contributed by atoms with E-state index in [-0.39, 0.29) is 19.8 Å². The van der Waals surface area contributed by atoms with Gasteiger partial charge in [0.25, 0.3) is 0 Å². The molecule has 0 radical (unpaired) electrons. The molecule has 26 heavy (non-hydrogen) atoms. The second kappa shape index (κ2) is 12.2. The summed E-state index contributed by atoms with van der Waals surface area (Å²) in [5, 5.41) is 0. The van der Waals surface area contributed by atoms with Crippen molar-refractivity contribution in [3.63, 3.8) is 0 Å². The molecule has 2 N–H and O–H groups in total. The van der Waals surface area contributed by atoms with Crippen LogP contribution >= 0.6 is 0 Å². The van der Waals surface area contributed by atoms with Crippen LogP contribution in [0.15, 0.2) is 30.3 Å². The minimum atomic E-state index is -0.944. The van der Waals surface area contributed by atoms with E-state index in [9.17, 15) is 9.59 Å². The van der Waals surface area contributed by atoms with E-state index < -0.39 is 17.5 Å². The number of benzene rings is 1. The number of hydrogen-bond donors (Lipinski definition) is 1. The number of methoxy groups -OCH3 is 1. The highest BCUT2D eigenvalue weighted by Gasteiger charge is 2.41. The van der Waals surface area contributed by atoms with Gasteiger partial charge in [-0.15, -0.1) is 0 Å². The lowest BCUT2D eigenvalue weighted by Gasteiger charge is -2.29. The van der Waals surface area contributed by atoms with Crippen LogP contribution in [0.3, 0.4) is 0 Å². The zero-order valence-electron chi connectivity index (χ0n) is 15.3. The van der Waals surface area contributed by atoms with Crippen molar-refractivity contribution in [3.05, 3.63) is 35.9 Å². The lowest BCUT2D eigenvalue weighted by molar-refractivity contribution is -0.167. The van der Waals surface area contributed by atoms with Crippen molar-refractivity contribution in [2.45, 2.75) is 13.5 Å². The van der Waals surface area contributed by atoms with Gasteiger partial charge in [0.15, 0.2) is 0 Å². The zero-order chi connectivity index (χ0) is 19.3. The molecular weight excluding hydrogens is 342 g/mol. The summed E-state index contributed by atoms with van der Waals surface area (Å²) in [6.07, 6.45) is -0.761. The number of cyclic esters (lactones) is 2. The molecule has 2 rings (SSSR count). The Kier molecular flexibility index (Phi) is 10.3. The van der Waals surface area contributed by atoms with Gasteiger partial charge in [-0.25, -0.2) is 4.79 Å². The van der Waals surface area contributed by atoms with E-state index in [1.165, 1.54) is 5.56 Å². The van der Waals surface area contributed by atoms with Crippen molar-refractivity contribution in [2.75, 3.05) is 46.8 Å². The molecule has 8 heteroatoms. The fourth-order valence-corrected chi connectivity index (χ4v) is 1.86. The number of ether oxygens (including phenoxy) is 5. The standard InChI is InChI=1S/C11H18O7.C7H9N/c1-11(7-17-10(13)18-8-11)9(12)16-6-5-15-4-3-14-2;8-6-7-4-2-1-3-5-7/h3-8H2,1-2H3;1-5H,6,8H2. The number of esters is 1. The van der Waals surface area contributed by atoms with E-state index in [4.69, 9.17) is 19.9 Å². The summed E-state index contributed by atoms with van der Waals surface area (Å²) < 4.78 is 24.3. The van der Waals surface area contributed by atoms with Crippen LogP contribution in [0.25, 0.3) is 0 Å². The van der Waals surface area contributed by atoms with Crippen LogP contribution < -0.4 is 5.73 Å². The molecule has 0 aliphatic carbocycles. The van der Waals surface area contributed by atoms with Gasteiger partial charge in [0.1, 0.15) is 25.2 Å². The molecule has 0 atom stereocenters. The molecule has 0 unspecified atom stereocenters. The molecule has 1 heterocycles. The van der Waals surface area contributed by atoms with Crippen molar-refractivity contribution >= 4 is 12.1 Å². The van der Waals surface area contributed by atoms with Crippen LogP contribution in [0.1, 0.15) is 12.5 Å². The molecule has 8 nitrogen and oxygen atoms in total. The van der Waals surface area contributed by atoms with Gasteiger partial charge in [-0.05, 0) is 12.5 Å². The third-order valence-electron chi connectivity index (χ3n) is 3.48. The molecule has 1 aliphatic rings. The van der Waals surface area contributed by atoms with Gasteiger partial charge < -0.3 is 29.4 Å². The molecule has 1 aromatic rings. The summed E-state index contributed by atoms with van der Waals surface area (Å²) in [6.45, 7) is 3.58. The summed E-state index contributed by atoms with van der Waals surface area (Å²) in [6, 6.07) is 9.99. The average Bonchev–Trinajstić information content (AvgIpc) is 2.68. The Bertz CT molecular complexity index is 526. The van der Waals surface area contributed by atoms with Gasteiger partial charge >= 0.3 is 12.1 Å². The van der Waals surface area contributed by atoms with Crippen LogP contribution in [-0.2, 0) is 35.0 Å². The number of nitrogens with two attached hydrogens (primary N) is 1. The van der Waals surface area contributed by atoms with Crippen molar-refractivity contribution < 1.29 is 33.3 Å². The third kappa shape index (κ3) is 8.28. The fourth-order valence-electron chi connectivity index (χ4n) is 1.86. The third-order valence-corrected chi connectivity index (χ3v) is 3.48. The first kappa shape index (κ1) is 21.9. The summed E-state index contributed by atoms with van der Waals surface area (Å²) in [5.41, 5.74) is 5.59. The van der Waals surface area contributed by atoms with Crippen LogP contribution in [0, 0.1) is 5.41 Å². The van der Waals surface area contributed by atoms with Crippen LogP contribution in [0.2, 0.25) is 0 Å². The quantitative estimate of drug-likeness (QED) is 0.543. The Morgan fingerprint density at radius 3 is 2.27 bits per heavy atom. The molecular formula is C18H27NO7. The maximum Gasteiger partial charge on any atom is 0.508 e. The predicted octanol–water partition coefficient (Wildman–Crippen LogP) is 1.51. The van der Waals surface area contributed by atoms with Gasteiger partial charge in [0.05, 0.1) is 19.8 Å². The van der Waals surface area contributed by atoms with Crippen molar-refractivity contribution in [1.29, 1.82) is 0 Å². The van der Waals surface area contributed by atoms with E-state index in [0.717, 1.165) is 0 Å². The second-order valence-electron chi connectivity index (χ2n) is 5.82. The van der Waals surface area contributed by atoms with Gasteiger partial charge in [-0.3, -0.25) is 4.79 Å². The lowest BCUT2D eigenvalue weighted by atomic mass is 9.93. The predicted molar refractivity (Wildman–Crippen MR) is 93.4 cm³/mol. The first-order valence-electron chi connectivity index (χ1n) is 8.29. The molecule has 1 saturated heterocycles. The average molecular weight is 369 g/mol. The molecule has 0 spiro atoms. The van der Waals surface area contributed by atoms with E-state index in [1.54, 1.807) is 14.0 Å². The van der Waals surface area contributed by atoms with Crippen molar-refractivity contribution in [1.82, 2.24) is 0 Å². The highest BCUT2D eigenvalue weighted by Crippen LogP contribution is 2.23. The summed E-state index contributed by atoms with van der Waals surface area (Å²) >= 11 is 0. The SMILES string of the molecule is COCCOCCOC(=O)C1(C)COC(=O)OC1.NCc1ccccc1. The molecule has 1 aromatic carbocycles. The Balaban J connectivity index is 0.000000350. The zero-order valence-corrected chi connectivity index (χ0v) is 15.3. The molecule has 0 saturated carbocycles. The Labute approximate surface area is 153 Å². The summed E-state index contributed by atoms with van der Waals surface area (Å²) in [5.74, 6) is -0.467. The summed E-state index contributed by atoms with van der Waals surface area (Å²) in [7, 11) is 1.58. The normalized spacial score (nSPS) is 15.1. The Hall–Kier alpha value is -2.16. The largest absolute Gasteiger partial charge is 0.508 e. The highest BCUT2D eigenvalue weighted by molar-refractivity contribution is 5.78. The topological polar surface area (TPSA) is 106 Å².